The Bertz CT molecular complexity index is 494. The molecule has 1 heterocycles. The first-order chi connectivity index (χ1) is 8.16. The maximum atomic E-state index is 9.62. The molecule has 1 aromatic heterocycles. The maximum Gasteiger partial charge on any atom is 0.125 e. The molecule has 0 bridgehead atoms. The lowest BCUT2D eigenvalue weighted by Crippen LogP contribution is -1.99. The van der Waals surface area contributed by atoms with E-state index in [0.29, 0.717) is 6.61 Å². The zero-order valence-corrected chi connectivity index (χ0v) is 11.8. The van der Waals surface area contributed by atoms with Crippen LogP contribution in [0.3, 0.4) is 0 Å². The van der Waals surface area contributed by atoms with Crippen molar-refractivity contribution >= 4 is 27.3 Å². The Morgan fingerprint density at radius 1 is 1.29 bits per heavy atom. The van der Waals surface area contributed by atoms with Gasteiger partial charge in [-0.1, -0.05) is 18.2 Å². The molecule has 17 heavy (non-hydrogen) atoms. The van der Waals surface area contributed by atoms with Crippen LogP contribution in [-0.2, 0) is 6.61 Å². The highest BCUT2D eigenvalue weighted by molar-refractivity contribution is 9.11. The number of halogens is 1. The van der Waals surface area contributed by atoms with Crippen LogP contribution >= 0.6 is 27.3 Å². The van der Waals surface area contributed by atoms with Gasteiger partial charge in [0, 0.05) is 10.4 Å². The number of hydrogen-bond acceptors (Lipinski definition) is 3. The van der Waals surface area contributed by atoms with Gasteiger partial charge in [-0.2, -0.15) is 0 Å². The third kappa shape index (κ3) is 3.31. The molecule has 0 unspecified atom stereocenters. The second-order valence-corrected chi connectivity index (χ2v) is 6.26. The molecular formula is C13H13BrO2S. The van der Waals surface area contributed by atoms with Gasteiger partial charge in [0.05, 0.1) is 9.89 Å². The summed E-state index contributed by atoms with van der Waals surface area (Å²) in [5.74, 6) is 0.743. The maximum absolute atomic E-state index is 9.62. The lowest BCUT2D eigenvalue weighted by atomic mass is 10.1. The van der Waals surface area contributed by atoms with Gasteiger partial charge in [0.1, 0.15) is 12.4 Å². The SMILES string of the molecule is C[C@@H](O)c1ccccc1OCc1ccc(Br)s1. The van der Waals surface area contributed by atoms with Crippen LogP contribution in [0.1, 0.15) is 23.5 Å². The summed E-state index contributed by atoms with van der Waals surface area (Å²) in [6, 6.07) is 11.6. The summed E-state index contributed by atoms with van der Waals surface area (Å²) in [6.45, 7) is 2.27. The van der Waals surface area contributed by atoms with Crippen molar-refractivity contribution in [3.63, 3.8) is 0 Å². The predicted molar refractivity (Wildman–Crippen MR) is 73.4 cm³/mol. The molecule has 0 fully saturated rings. The van der Waals surface area contributed by atoms with Crippen LogP contribution in [0.2, 0.25) is 0 Å². The van der Waals surface area contributed by atoms with E-state index in [0.717, 1.165) is 20.0 Å². The minimum Gasteiger partial charge on any atom is -0.488 e. The van der Waals surface area contributed by atoms with E-state index >= 15 is 0 Å². The van der Waals surface area contributed by atoms with Gasteiger partial charge in [-0.3, -0.25) is 0 Å². The summed E-state index contributed by atoms with van der Waals surface area (Å²) in [6.07, 6.45) is -0.513. The van der Waals surface area contributed by atoms with Crippen molar-refractivity contribution in [2.75, 3.05) is 0 Å². The van der Waals surface area contributed by atoms with Crippen molar-refractivity contribution < 1.29 is 9.84 Å². The lowest BCUT2D eigenvalue weighted by Gasteiger charge is -2.12. The summed E-state index contributed by atoms with van der Waals surface area (Å²) in [5.41, 5.74) is 0.822. The average molecular weight is 313 g/mol. The van der Waals surface area contributed by atoms with Gasteiger partial charge in [0.2, 0.25) is 0 Å². The Morgan fingerprint density at radius 2 is 2.06 bits per heavy atom. The summed E-state index contributed by atoms with van der Waals surface area (Å²) in [7, 11) is 0. The summed E-state index contributed by atoms with van der Waals surface area (Å²) in [5, 5.41) is 9.62. The van der Waals surface area contributed by atoms with Crippen LogP contribution in [-0.4, -0.2) is 5.11 Å². The molecule has 1 N–H and O–H groups in total. The fourth-order valence-corrected chi connectivity index (χ4v) is 2.93. The molecule has 1 aromatic carbocycles. The Balaban J connectivity index is 2.08. The average Bonchev–Trinajstić information content (AvgIpc) is 2.73. The van der Waals surface area contributed by atoms with Crippen molar-refractivity contribution in [3.8, 4) is 5.75 Å². The Hall–Kier alpha value is -0.840. The molecule has 0 spiro atoms. The molecule has 2 rings (SSSR count). The predicted octanol–water partition coefficient (Wildman–Crippen LogP) is 4.14. The van der Waals surface area contributed by atoms with Gasteiger partial charge in [0.25, 0.3) is 0 Å². The number of benzene rings is 1. The van der Waals surface area contributed by atoms with E-state index in [9.17, 15) is 5.11 Å². The highest BCUT2D eigenvalue weighted by Gasteiger charge is 2.08. The number of aliphatic hydroxyl groups is 1. The van der Waals surface area contributed by atoms with Gasteiger partial charge in [-0.05, 0) is 41.1 Å². The van der Waals surface area contributed by atoms with E-state index < -0.39 is 6.10 Å². The zero-order chi connectivity index (χ0) is 12.3. The van der Waals surface area contributed by atoms with Crippen LogP contribution in [0.5, 0.6) is 5.75 Å². The van der Waals surface area contributed by atoms with Crippen LogP contribution in [0.15, 0.2) is 40.2 Å². The van der Waals surface area contributed by atoms with Crippen molar-refractivity contribution in [2.24, 2.45) is 0 Å². The highest BCUT2D eigenvalue weighted by Crippen LogP contribution is 2.27. The molecule has 1 atom stereocenters. The van der Waals surface area contributed by atoms with Crippen LogP contribution in [0.4, 0.5) is 0 Å². The number of aliphatic hydroxyl groups excluding tert-OH is 1. The third-order valence-corrected chi connectivity index (χ3v) is 3.97. The van der Waals surface area contributed by atoms with E-state index in [1.807, 2.05) is 36.4 Å². The molecule has 0 aliphatic carbocycles. The molecule has 2 aromatic rings. The van der Waals surface area contributed by atoms with Crippen LogP contribution in [0, 0.1) is 0 Å². The van der Waals surface area contributed by atoms with E-state index in [-0.39, 0.29) is 0 Å². The monoisotopic (exact) mass is 312 g/mol. The van der Waals surface area contributed by atoms with E-state index in [1.165, 1.54) is 0 Å². The molecule has 0 aliphatic rings. The lowest BCUT2D eigenvalue weighted by molar-refractivity contribution is 0.190. The molecule has 0 radical (unpaired) electrons. The fraction of sp³-hybridized carbons (Fsp3) is 0.231. The number of rotatable bonds is 4. The summed E-state index contributed by atoms with van der Waals surface area (Å²) >= 11 is 5.07. The number of thiophene rings is 1. The summed E-state index contributed by atoms with van der Waals surface area (Å²) in [4.78, 5) is 1.15. The largest absolute Gasteiger partial charge is 0.488 e. The van der Waals surface area contributed by atoms with Gasteiger partial charge in [0.15, 0.2) is 0 Å². The normalized spacial score (nSPS) is 12.4. The molecule has 0 aliphatic heterocycles. The molecular weight excluding hydrogens is 300 g/mol. The van der Waals surface area contributed by atoms with E-state index in [1.54, 1.807) is 18.3 Å². The molecule has 4 heteroatoms. The smallest absolute Gasteiger partial charge is 0.125 e. The molecule has 0 saturated carbocycles. The van der Waals surface area contributed by atoms with E-state index in [4.69, 9.17) is 4.74 Å². The van der Waals surface area contributed by atoms with Crippen molar-refractivity contribution in [2.45, 2.75) is 19.6 Å². The quantitative estimate of drug-likeness (QED) is 0.919. The van der Waals surface area contributed by atoms with Gasteiger partial charge in [-0.25, -0.2) is 0 Å². The summed E-state index contributed by atoms with van der Waals surface area (Å²) < 4.78 is 6.82. The second-order valence-electron chi connectivity index (χ2n) is 3.71. The Morgan fingerprint density at radius 3 is 2.71 bits per heavy atom. The van der Waals surface area contributed by atoms with Crippen LogP contribution in [0.25, 0.3) is 0 Å². The third-order valence-electron chi connectivity index (χ3n) is 2.37. The van der Waals surface area contributed by atoms with E-state index in [2.05, 4.69) is 15.9 Å². The van der Waals surface area contributed by atoms with Crippen molar-refractivity contribution in [1.82, 2.24) is 0 Å². The number of hydrogen-bond donors (Lipinski definition) is 1. The molecule has 0 saturated heterocycles. The van der Waals surface area contributed by atoms with Crippen molar-refractivity contribution in [1.29, 1.82) is 0 Å². The highest BCUT2D eigenvalue weighted by atomic mass is 79.9. The molecule has 0 amide bonds. The minimum atomic E-state index is -0.513. The molecule has 90 valence electrons. The Labute approximate surface area is 113 Å². The molecule has 2 nitrogen and oxygen atoms in total. The van der Waals surface area contributed by atoms with Crippen LogP contribution < -0.4 is 4.74 Å². The van der Waals surface area contributed by atoms with Gasteiger partial charge >= 0.3 is 0 Å². The van der Waals surface area contributed by atoms with Gasteiger partial charge < -0.3 is 9.84 Å². The minimum absolute atomic E-state index is 0.513. The first-order valence-electron chi connectivity index (χ1n) is 5.31. The first kappa shape index (κ1) is 12.6. The first-order valence-corrected chi connectivity index (χ1v) is 6.92. The Kier molecular flexibility index (Phi) is 4.20. The number of ether oxygens (including phenoxy) is 1. The topological polar surface area (TPSA) is 29.5 Å². The van der Waals surface area contributed by atoms with Gasteiger partial charge in [-0.15, -0.1) is 11.3 Å². The second kappa shape index (κ2) is 5.67. The zero-order valence-electron chi connectivity index (χ0n) is 9.39. The fourth-order valence-electron chi connectivity index (χ4n) is 1.54. The van der Waals surface area contributed by atoms with Crippen molar-refractivity contribution in [3.05, 3.63) is 50.6 Å². The standard InChI is InChI=1S/C13H13BrO2S/c1-9(15)11-4-2-3-5-12(11)16-8-10-6-7-13(14)17-10/h2-7,9,15H,8H2,1H3/t9-/m1/s1. The number of para-hydroxylation sites is 1.